The zero-order valence-electron chi connectivity index (χ0n) is 9.83. The fraction of sp³-hybridized carbons (Fsp3) is 0.250. The second kappa shape index (κ2) is 5.59. The van der Waals surface area contributed by atoms with Crippen molar-refractivity contribution >= 4 is 22.4 Å². The summed E-state index contributed by atoms with van der Waals surface area (Å²) in [6.45, 7) is 1.83. The molecule has 0 aliphatic heterocycles. The summed E-state index contributed by atoms with van der Waals surface area (Å²) in [4.78, 5) is 11.2. The summed E-state index contributed by atoms with van der Waals surface area (Å²) in [6, 6.07) is 8.80. The molecule has 0 bridgehead atoms. The number of nitrogens with one attached hydrogen (secondary N) is 1. The van der Waals surface area contributed by atoms with Crippen LogP contribution in [-0.2, 0) is 11.2 Å². The molecule has 0 spiro atoms. The van der Waals surface area contributed by atoms with Gasteiger partial charge in [0.15, 0.2) is 0 Å². The van der Waals surface area contributed by atoms with E-state index in [4.69, 9.17) is 0 Å². The Morgan fingerprint density at radius 2 is 2.11 bits per heavy atom. The summed E-state index contributed by atoms with van der Waals surface area (Å²) in [5.74, 6) is -0.897. The minimum absolute atomic E-state index is 0.412. The molecule has 0 unspecified atom stereocenters. The Hall–Kier alpha value is -1.95. The van der Waals surface area contributed by atoms with Crippen molar-refractivity contribution in [1.82, 2.24) is 10.2 Å². The molecule has 6 heteroatoms. The molecule has 18 heavy (non-hydrogen) atoms. The Kier molecular flexibility index (Phi) is 3.88. The highest BCUT2D eigenvalue weighted by molar-refractivity contribution is 7.15. The molecule has 1 aromatic carbocycles. The summed E-state index contributed by atoms with van der Waals surface area (Å²) in [5, 5.41) is 21.2. The monoisotopic (exact) mass is 263 g/mol. The molecule has 2 aromatic rings. The van der Waals surface area contributed by atoms with Crippen molar-refractivity contribution in [3.63, 3.8) is 0 Å². The number of hydrogen-bond donors (Lipinski definition) is 2. The van der Waals surface area contributed by atoms with E-state index in [1.165, 1.54) is 11.3 Å². The van der Waals surface area contributed by atoms with Crippen molar-refractivity contribution in [2.24, 2.45) is 0 Å². The fourth-order valence-electron chi connectivity index (χ4n) is 1.55. The number of hydrogen-bond acceptors (Lipinski definition) is 5. The number of carboxylic acid groups (broad SMARTS) is 1. The molecule has 1 aromatic heterocycles. The average molecular weight is 263 g/mol. The van der Waals surface area contributed by atoms with Crippen molar-refractivity contribution < 1.29 is 9.90 Å². The SMILES string of the molecule is Cc1nnc(N[C@@H](Cc2ccccc2)C(=O)O)s1. The number of rotatable bonds is 5. The summed E-state index contributed by atoms with van der Waals surface area (Å²) >= 11 is 1.35. The lowest BCUT2D eigenvalue weighted by atomic mass is 10.1. The standard InChI is InChI=1S/C12H13N3O2S/c1-8-14-15-12(18-8)13-10(11(16)17)7-9-5-3-2-4-6-9/h2-6,10H,7H2,1H3,(H,13,15)(H,16,17)/t10-/m0/s1. The summed E-state index contributed by atoms with van der Waals surface area (Å²) in [6.07, 6.45) is 0.412. The van der Waals surface area contributed by atoms with Gasteiger partial charge in [0.2, 0.25) is 5.13 Å². The second-order valence-corrected chi connectivity index (χ2v) is 5.03. The van der Waals surface area contributed by atoms with Gasteiger partial charge in [-0.25, -0.2) is 4.79 Å². The molecule has 5 nitrogen and oxygen atoms in total. The van der Waals surface area contributed by atoms with Crippen LogP contribution in [0.4, 0.5) is 5.13 Å². The van der Waals surface area contributed by atoms with E-state index >= 15 is 0 Å². The molecular weight excluding hydrogens is 250 g/mol. The number of aromatic nitrogens is 2. The smallest absolute Gasteiger partial charge is 0.326 e. The average Bonchev–Trinajstić information content (AvgIpc) is 2.75. The van der Waals surface area contributed by atoms with Gasteiger partial charge in [0, 0.05) is 6.42 Å². The van der Waals surface area contributed by atoms with Crippen molar-refractivity contribution in [3.05, 3.63) is 40.9 Å². The Labute approximate surface area is 109 Å². The van der Waals surface area contributed by atoms with Gasteiger partial charge < -0.3 is 10.4 Å². The van der Waals surface area contributed by atoms with Gasteiger partial charge in [-0.15, -0.1) is 10.2 Å². The van der Waals surface area contributed by atoms with Crippen molar-refractivity contribution in [2.45, 2.75) is 19.4 Å². The predicted octanol–water partition coefficient (Wildman–Crippen LogP) is 1.95. The van der Waals surface area contributed by atoms with Crippen LogP contribution in [0.1, 0.15) is 10.6 Å². The molecule has 1 atom stereocenters. The molecule has 0 radical (unpaired) electrons. The molecule has 0 saturated heterocycles. The molecule has 0 fully saturated rings. The Morgan fingerprint density at radius 1 is 1.39 bits per heavy atom. The number of carbonyl (C=O) groups is 1. The quantitative estimate of drug-likeness (QED) is 0.862. The topological polar surface area (TPSA) is 75.1 Å². The van der Waals surface area contributed by atoms with Crippen molar-refractivity contribution in [1.29, 1.82) is 0 Å². The van der Waals surface area contributed by atoms with Crippen LogP contribution < -0.4 is 5.32 Å². The second-order valence-electron chi connectivity index (χ2n) is 3.85. The molecule has 2 rings (SSSR count). The van der Waals surface area contributed by atoms with Crippen LogP contribution in [0, 0.1) is 6.92 Å². The van der Waals surface area contributed by atoms with E-state index in [0.29, 0.717) is 11.6 Å². The fourth-order valence-corrected chi connectivity index (χ4v) is 2.20. The van der Waals surface area contributed by atoms with E-state index in [2.05, 4.69) is 15.5 Å². The number of aliphatic carboxylic acids is 1. The molecular formula is C12H13N3O2S. The van der Waals surface area contributed by atoms with E-state index in [-0.39, 0.29) is 0 Å². The predicted molar refractivity (Wildman–Crippen MR) is 69.8 cm³/mol. The molecule has 0 aliphatic carbocycles. The third kappa shape index (κ3) is 3.27. The maximum Gasteiger partial charge on any atom is 0.326 e. The van der Waals surface area contributed by atoms with Gasteiger partial charge in [-0.3, -0.25) is 0 Å². The number of nitrogens with zero attached hydrogens (tertiary/aromatic N) is 2. The first-order valence-electron chi connectivity index (χ1n) is 5.48. The van der Waals surface area contributed by atoms with Crippen LogP contribution in [0.15, 0.2) is 30.3 Å². The Balaban J connectivity index is 2.07. The summed E-state index contributed by atoms with van der Waals surface area (Å²) < 4.78 is 0. The minimum atomic E-state index is -0.897. The van der Waals surface area contributed by atoms with Gasteiger partial charge in [0.25, 0.3) is 0 Å². The number of benzene rings is 1. The van der Waals surface area contributed by atoms with Crippen LogP contribution in [0.3, 0.4) is 0 Å². The highest BCUT2D eigenvalue weighted by Gasteiger charge is 2.19. The van der Waals surface area contributed by atoms with Gasteiger partial charge >= 0.3 is 5.97 Å². The number of carboxylic acids is 1. The lowest BCUT2D eigenvalue weighted by molar-refractivity contribution is -0.137. The molecule has 94 valence electrons. The normalized spacial score (nSPS) is 12.1. The molecule has 0 aliphatic rings. The number of aryl methyl sites for hydroxylation is 1. The van der Waals surface area contributed by atoms with E-state index in [1.54, 1.807) is 0 Å². The van der Waals surface area contributed by atoms with Gasteiger partial charge in [-0.2, -0.15) is 0 Å². The number of anilines is 1. The van der Waals surface area contributed by atoms with Gasteiger partial charge in [-0.05, 0) is 12.5 Å². The van der Waals surface area contributed by atoms with E-state index in [0.717, 1.165) is 10.6 Å². The van der Waals surface area contributed by atoms with Crippen molar-refractivity contribution in [2.75, 3.05) is 5.32 Å². The Bertz CT molecular complexity index is 527. The van der Waals surface area contributed by atoms with Crippen LogP contribution >= 0.6 is 11.3 Å². The highest BCUT2D eigenvalue weighted by Crippen LogP contribution is 2.16. The van der Waals surface area contributed by atoms with Gasteiger partial charge in [-0.1, -0.05) is 41.7 Å². The zero-order chi connectivity index (χ0) is 13.0. The summed E-state index contributed by atoms with van der Waals surface area (Å²) in [7, 11) is 0. The maximum atomic E-state index is 11.2. The lowest BCUT2D eigenvalue weighted by Gasteiger charge is -2.13. The van der Waals surface area contributed by atoms with Crippen LogP contribution in [0.2, 0.25) is 0 Å². The van der Waals surface area contributed by atoms with Gasteiger partial charge in [0.05, 0.1) is 0 Å². The molecule has 0 amide bonds. The third-order valence-electron chi connectivity index (χ3n) is 2.40. The molecule has 0 saturated carbocycles. The minimum Gasteiger partial charge on any atom is -0.480 e. The van der Waals surface area contributed by atoms with Gasteiger partial charge in [0.1, 0.15) is 11.0 Å². The first-order chi connectivity index (χ1) is 8.65. The van der Waals surface area contributed by atoms with Crippen LogP contribution in [-0.4, -0.2) is 27.3 Å². The van der Waals surface area contributed by atoms with Crippen molar-refractivity contribution in [3.8, 4) is 0 Å². The zero-order valence-corrected chi connectivity index (χ0v) is 10.6. The highest BCUT2D eigenvalue weighted by atomic mass is 32.1. The van der Waals surface area contributed by atoms with E-state index < -0.39 is 12.0 Å². The van der Waals surface area contributed by atoms with Crippen LogP contribution in [0.25, 0.3) is 0 Å². The largest absolute Gasteiger partial charge is 0.480 e. The summed E-state index contributed by atoms with van der Waals surface area (Å²) in [5.41, 5.74) is 0.971. The first kappa shape index (κ1) is 12.5. The Morgan fingerprint density at radius 3 is 2.67 bits per heavy atom. The van der Waals surface area contributed by atoms with E-state index in [1.807, 2.05) is 37.3 Å². The van der Waals surface area contributed by atoms with E-state index in [9.17, 15) is 9.90 Å². The van der Waals surface area contributed by atoms with Crippen LogP contribution in [0.5, 0.6) is 0 Å². The molecule has 1 heterocycles. The first-order valence-corrected chi connectivity index (χ1v) is 6.30. The third-order valence-corrected chi connectivity index (χ3v) is 3.17. The lowest BCUT2D eigenvalue weighted by Crippen LogP contribution is -2.31. The molecule has 2 N–H and O–H groups in total. The maximum absolute atomic E-state index is 11.2.